The lowest BCUT2D eigenvalue weighted by Crippen LogP contribution is -2.46. The van der Waals surface area contributed by atoms with Crippen molar-refractivity contribution >= 4 is 29.1 Å². The number of ether oxygens (including phenoxy) is 1. The molecule has 1 heterocycles. The smallest absolute Gasteiger partial charge is 0.416 e. The van der Waals surface area contributed by atoms with Crippen LogP contribution in [0, 0.1) is 11.8 Å². The number of carbonyl (C=O) groups is 1. The van der Waals surface area contributed by atoms with E-state index in [1.54, 1.807) is 11.8 Å². The zero-order valence-electron chi connectivity index (χ0n) is 15.4. The lowest BCUT2D eigenvalue weighted by molar-refractivity contribution is -0.138. The number of hydrazone groups is 1. The second kappa shape index (κ2) is 8.82. The summed E-state index contributed by atoms with van der Waals surface area (Å²) in [4.78, 5) is 14.1. The Hall–Kier alpha value is -1.96. The van der Waals surface area contributed by atoms with Crippen LogP contribution in [0.15, 0.2) is 23.3 Å². The number of hydrogen-bond acceptors (Lipinski definition) is 4. The van der Waals surface area contributed by atoms with E-state index in [-0.39, 0.29) is 23.2 Å². The van der Waals surface area contributed by atoms with Crippen molar-refractivity contribution < 1.29 is 22.7 Å². The molecule has 1 fully saturated rings. The topological polar surface area (TPSA) is 53.9 Å². The number of nitrogens with one attached hydrogen (secondary N) is 1. The Balaban J connectivity index is 2.31. The van der Waals surface area contributed by atoms with E-state index in [0.717, 1.165) is 24.6 Å². The van der Waals surface area contributed by atoms with Gasteiger partial charge in [0.1, 0.15) is 0 Å². The van der Waals surface area contributed by atoms with Crippen LogP contribution in [0.25, 0.3) is 0 Å². The molecule has 1 N–H and O–H groups in total. The van der Waals surface area contributed by atoms with E-state index < -0.39 is 17.7 Å². The summed E-state index contributed by atoms with van der Waals surface area (Å²) in [5.41, 5.74) is 1.61. The van der Waals surface area contributed by atoms with Gasteiger partial charge in [-0.1, -0.05) is 25.4 Å². The van der Waals surface area contributed by atoms with Gasteiger partial charge in [-0.05, 0) is 43.4 Å². The van der Waals surface area contributed by atoms with Gasteiger partial charge in [0.05, 0.1) is 22.9 Å². The van der Waals surface area contributed by atoms with E-state index in [0.29, 0.717) is 24.9 Å². The van der Waals surface area contributed by atoms with E-state index >= 15 is 0 Å². The fourth-order valence-electron chi connectivity index (χ4n) is 3.18. The minimum absolute atomic E-state index is 0.0312. The summed E-state index contributed by atoms with van der Waals surface area (Å²) in [6.45, 7) is 7.21. The highest BCUT2D eigenvalue weighted by atomic mass is 35.5. The predicted octanol–water partition coefficient (Wildman–Crippen LogP) is 4.63. The van der Waals surface area contributed by atoms with Gasteiger partial charge in [-0.25, -0.2) is 4.79 Å². The molecule has 1 aliphatic heterocycles. The number of rotatable bonds is 3. The zero-order valence-corrected chi connectivity index (χ0v) is 16.2. The second-order valence-electron chi connectivity index (χ2n) is 6.81. The summed E-state index contributed by atoms with van der Waals surface area (Å²) >= 11 is 5.97. The molecule has 150 valence electrons. The molecule has 5 nitrogen and oxygen atoms in total. The fourth-order valence-corrected chi connectivity index (χ4v) is 3.34. The molecule has 0 radical (unpaired) electrons. The first-order valence-electron chi connectivity index (χ1n) is 8.74. The molecule has 2 atom stereocenters. The third-order valence-corrected chi connectivity index (χ3v) is 4.53. The van der Waals surface area contributed by atoms with E-state index in [2.05, 4.69) is 24.4 Å². The summed E-state index contributed by atoms with van der Waals surface area (Å²) in [5.74, 6) is 0.106. The number of carbonyl (C=O) groups excluding carboxylic acids is 1. The zero-order chi connectivity index (χ0) is 20.2. The third kappa shape index (κ3) is 5.76. The van der Waals surface area contributed by atoms with Gasteiger partial charge in [-0.3, -0.25) is 5.43 Å². The number of benzene rings is 1. The fraction of sp³-hybridized carbons (Fsp3) is 0.556. The average Bonchev–Trinajstić information content (AvgIpc) is 2.55. The van der Waals surface area contributed by atoms with Crippen molar-refractivity contribution in [1.82, 2.24) is 4.90 Å². The highest BCUT2D eigenvalue weighted by molar-refractivity contribution is 6.35. The number of nitrogens with zero attached hydrogens (tertiary/aromatic N) is 2. The number of hydrogen-bond donors (Lipinski definition) is 1. The van der Waals surface area contributed by atoms with Crippen LogP contribution in [0.2, 0.25) is 5.02 Å². The van der Waals surface area contributed by atoms with Crippen LogP contribution in [0.4, 0.5) is 18.9 Å². The van der Waals surface area contributed by atoms with Crippen LogP contribution in [0.3, 0.4) is 0 Å². The van der Waals surface area contributed by atoms with Crippen molar-refractivity contribution in [1.29, 1.82) is 0 Å². The first-order chi connectivity index (χ1) is 12.6. The van der Waals surface area contributed by atoms with Gasteiger partial charge in [0.15, 0.2) is 0 Å². The number of anilines is 1. The number of amidine groups is 1. The Bertz CT molecular complexity index is 700. The van der Waals surface area contributed by atoms with Gasteiger partial charge in [-0.15, -0.1) is 5.10 Å². The molecule has 0 spiro atoms. The molecular weight excluding hydrogens is 383 g/mol. The van der Waals surface area contributed by atoms with Gasteiger partial charge >= 0.3 is 12.1 Å². The Labute approximate surface area is 161 Å². The molecule has 1 aromatic carbocycles. The lowest BCUT2D eigenvalue weighted by atomic mass is 9.92. The number of piperidine rings is 1. The summed E-state index contributed by atoms with van der Waals surface area (Å²) < 4.78 is 43.8. The third-order valence-electron chi connectivity index (χ3n) is 4.20. The minimum atomic E-state index is -4.51. The van der Waals surface area contributed by atoms with E-state index in [1.807, 2.05) is 0 Å². The molecule has 1 aliphatic rings. The Morgan fingerprint density at radius 2 is 1.96 bits per heavy atom. The van der Waals surface area contributed by atoms with E-state index in [9.17, 15) is 18.0 Å². The number of likely N-dealkylation sites (tertiary alicyclic amines) is 1. The van der Waals surface area contributed by atoms with Crippen LogP contribution in [0.5, 0.6) is 0 Å². The van der Waals surface area contributed by atoms with Crippen molar-refractivity contribution in [3.05, 3.63) is 28.8 Å². The first kappa shape index (κ1) is 21.3. The molecule has 27 heavy (non-hydrogen) atoms. The molecule has 0 amide bonds. The van der Waals surface area contributed by atoms with Crippen molar-refractivity contribution in [3.8, 4) is 0 Å². The molecule has 1 saturated heterocycles. The summed E-state index contributed by atoms with van der Waals surface area (Å²) in [6.07, 6.45) is -3.48. The normalized spacial score (nSPS) is 21.1. The van der Waals surface area contributed by atoms with Gasteiger partial charge in [0.25, 0.3) is 0 Å². The Kier molecular flexibility index (Phi) is 6.97. The summed E-state index contributed by atoms with van der Waals surface area (Å²) in [6, 6.07) is 2.88. The SMILES string of the molecule is CCOC(=O)/C(=N/Nc1cc(C(F)(F)F)ccc1Cl)N1C[C@@H](C)C[C@H](C)C1. The molecule has 0 aromatic heterocycles. The lowest BCUT2D eigenvalue weighted by Gasteiger charge is -2.36. The minimum Gasteiger partial charge on any atom is -0.460 e. The quantitative estimate of drug-likeness (QED) is 0.345. The Morgan fingerprint density at radius 1 is 1.33 bits per heavy atom. The standard InChI is InChI=1S/C18H23ClF3N3O2/c1-4-27-17(26)16(25-9-11(2)7-12(3)10-25)24-23-15-8-13(18(20,21)22)5-6-14(15)19/h5-6,8,11-12,23H,4,7,9-10H2,1-3H3/b24-16-/t11-,12-/m0/s1. The van der Waals surface area contributed by atoms with Crippen LogP contribution in [-0.4, -0.2) is 36.4 Å². The highest BCUT2D eigenvalue weighted by Crippen LogP contribution is 2.34. The molecule has 0 bridgehead atoms. The van der Waals surface area contributed by atoms with Crippen LogP contribution >= 0.6 is 11.6 Å². The van der Waals surface area contributed by atoms with Crippen molar-refractivity contribution in [2.45, 2.75) is 33.4 Å². The van der Waals surface area contributed by atoms with E-state index in [4.69, 9.17) is 16.3 Å². The molecule has 1 aromatic rings. The van der Waals surface area contributed by atoms with Crippen molar-refractivity contribution in [2.75, 3.05) is 25.1 Å². The maximum absolute atomic E-state index is 12.9. The molecule has 9 heteroatoms. The Morgan fingerprint density at radius 3 is 2.52 bits per heavy atom. The molecular formula is C18H23ClF3N3O2. The van der Waals surface area contributed by atoms with Gasteiger partial charge < -0.3 is 9.64 Å². The highest BCUT2D eigenvalue weighted by Gasteiger charge is 2.31. The van der Waals surface area contributed by atoms with Crippen molar-refractivity contribution in [2.24, 2.45) is 16.9 Å². The number of alkyl halides is 3. The second-order valence-corrected chi connectivity index (χ2v) is 7.22. The van der Waals surface area contributed by atoms with Crippen LogP contribution < -0.4 is 5.43 Å². The van der Waals surface area contributed by atoms with Gasteiger partial charge in [0.2, 0.25) is 5.84 Å². The average molecular weight is 406 g/mol. The van der Waals surface area contributed by atoms with Crippen LogP contribution in [0.1, 0.15) is 32.8 Å². The number of esters is 1. The molecule has 2 rings (SSSR count). The largest absolute Gasteiger partial charge is 0.460 e. The maximum Gasteiger partial charge on any atom is 0.416 e. The van der Waals surface area contributed by atoms with Gasteiger partial charge in [0, 0.05) is 13.1 Å². The molecule has 0 aliphatic carbocycles. The summed E-state index contributed by atoms with van der Waals surface area (Å²) in [5, 5.41) is 4.12. The van der Waals surface area contributed by atoms with Crippen LogP contribution in [-0.2, 0) is 15.7 Å². The predicted molar refractivity (Wildman–Crippen MR) is 98.7 cm³/mol. The van der Waals surface area contributed by atoms with Crippen molar-refractivity contribution in [3.63, 3.8) is 0 Å². The first-order valence-corrected chi connectivity index (χ1v) is 9.12. The van der Waals surface area contributed by atoms with Gasteiger partial charge in [-0.2, -0.15) is 13.2 Å². The molecule has 0 saturated carbocycles. The monoisotopic (exact) mass is 405 g/mol. The number of halogens is 4. The molecule has 0 unspecified atom stereocenters. The maximum atomic E-state index is 12.9. The van der Waals surface area contributed by atoms with E-state index in [1.165, 1.54) is 0 Å². The summed E-state index contributed by atoms with van der Waals surface area (Å²) in [7, 11) is 0.